The van der Waals surface area contributed by atoms with E-state index in [0.717, 1.165) is 24.3 Å². The highest BCUT2D eigenvalue weighted by molar-refractivity contribution is 5.87. The number of anilines is 1. The minimum absolute atomic E-state index is 0.231. The first kappa shape index (κ1) is 24.4. The van der Waals surface area contributed by atoms with Crippen molar-refractivity contribution in [3.63, 3.8) is 0 Å². The molecular weight excluding hydrogens is 436 g/mol. The molecule has 4 rings (SSSR count). The molecule has 1 fully saturated rings. The number of rotatable bonds is 8. The molecule has 35 heavy (non-hydrogen) atoms. The third-order valence-electron chi connectivity index (χ3n) is 6.50. The van der Waals surface area contributed by atoms with Crippen molar-refractivity contribution in [1.29, 1.82) is 0 Å². The summed E-state index contributed by atoms with van der Waals surface area (Å²) in [4.78, 5) is 17.9. The first-order valence-corrected chi connectivity index (χ1v) is 12.1. The molecule has 0 bridgehead atoms. The maximum absolute atomic E-state index is 12.8. The lowest BCUT2D eigenvalue weighted by atomic mass is 9.89. The van der Waals surface area contributed by atoms with Crippen molar-refractivity contribution < 1.29 is 4.74 Å². The molecule has 1 saturated heterocycles. The van der Waals surface area contributed by atoms with Gasteiger partial charge < -0.3 is 25.7 Å². The molecule has 2 aromatic carbocycles. The van der Waals surface area contributed by atoms with Crippen LogP contribution < -0.4 is 21.3 Å². The molecule has 182 valence electrons. The molecule has 0 aliphatic carbocycles. The standard InChI is InChI=1S/C29H34N4O2/c1-4-35-27-8-6-5-7-25(27)26(30)19-23-13-16-31-29(34)28(23)20(2)32-24-11-9-21(10-12-24)22-14-17-33(3)18-15-22/h5-13,16,19,22,32H,2,4,14-15,17-18,30H2,1,3H3,(H,31,34)/b26-19-. The van der Waals surface area contributed by atoms with E-state index in [1.807, 2.05) is 37.3 Å². The van der Waals surface area contributed by atoms with E-state index in [2.05, 4.69) is 53.1 Å². The minimum Gasteiger partial charge on any atom is -0.493 e. The summed E-state index contributed by atoms with van der Waals surface area (Å²) in [7, 11) is 2.18. The lowest BCUT2D eigenvalue weighted by molar-refractivity contribution is 0.255. The fourth-order valence-electron chi connectivity index (χ4n) is 4.57. The molecule has 2 heterocycles. The summed E-state index contributed by atoms with van der Waals surface area (Å²) in [6, 6.07) is 17.9. The monoisotopic (exact) mass is 470 g/mol. The van der Waals surface area contributed by atoms with Crippen LogP contribution in [0.1, 0.15) is 47.9 Å². The van der Waals surface area contributed by atoms with Crippen LogP contribution in [0.2, 0.25) is 0 Å². The number of para-hydroxylation sites is 1. The van der Waals surface area contributed by atoms with Crippen molar-refractivity contribution in [3.8, 4) is 5.75 Å². The van der Waals surface area contributed by atoms with Crippen molar-refractivity contribution in [3.05, 3.63) is 100.0 Å². The highest BCUT2D eigenvalue weighted by Gasteiger charge is 2.18. The Labute approximate surface area is 207 Å². The van der Waals surface area contributed by atoms with Crippen LogP contribution in [0.25, 0.3) is 17.5 Å². The van der Waals surface area contributed by atoms with Gasteiger partial charge in [0.15, 0.2) is 0 Å². The van der Waals surface area contributed by atoms with Crippen molar-refractivity contribution in [2.75, 3.05) is 32.1 Å². The van der Waals surface area contributed by atoms with Gasteiger partial charge in [-0.25, -0.2) is 0 Å². The molecule has 6 nitrogen and oxygen atoms in total. The number of likely N-dealkylation sites (tertiary alicyclic amines) is 1. The molecule has 0 amide bonds. The third kappa shape index (κ3) is 5.84. The zero-order valence-electron chi connectivity index (χ0n) is 20.5. The molecule has 0 saturated carbocycles. The van der Waals surface area contributed by atoms with Gasteiger partial charge in [0.05, 0.1) is 12.2 Å². The van der Waals surface area contributed by atoms with E-state index in [4.69, 9.17) is 10.5 Å². The van der Waals surface area contributed by atoms with Crippen LogP contribution in [0.3, 0.4) is 0 Å². The van der Waals surface area contributed by atoms with Crippen LogP contribution in [0.5, 0.6) is 5.75 Å². The number of nitrogens with two attached hydrogens (primary N) is 1. The molecule has 6 heteroatoms. The Morgan fingerprint density at radius 1 is 1.17 bits per heavy atom. The maximum Gasteiger partial charge on any atom is 0.257 e. The topological polar surface area (TPSA) is 83.4 Å². The van der Waals surface area contributed by atoms with Gasteiger partial charge in [-0.1, -0.05) is 30.8 Å². The molecule has 1 aromatic heterocycles. The average Bonchev–Trinajstić information content (AvgIpc) is 2.85. The summed E-state index contributed by atoms with van der Waals surface area (Å²) < 4.78 is 5.71. The fraction of sp³-hybridized carbons (Fsp3) is 0.276. The Kier molecular flexibility index (Phi) is 7.73. The summed E-state index contributed by atoms with van der Waals surface area (Å²) >= 11 is 0. The predicted molar refractivity (Wildman–Crippen MR) is 145 cm³/mol. The van der Waals surface area contributed by atoms with E-state index in [1.165, 1.54) is 18.4 Å². The van der Waals surface area contributed by atoms with E-state index in [1.54, 1.807) is 12.3 Å². The Morgan fingerprint density at radius 3 is 2.60 bits per heavy atom. The normalized spacial score (nSPS) is 15.1. The number of aromatic amines is 1. The summed E-state index contributed by atoms with van der Waals surface area (Å²) in [5, 5.41) is 3.30. The van der Waals surface area contributed by atoms with E-state index >= 15 is 0 Å². The number of aromatic nitrogens is 1. The van der Waals surface area contributed by atoms with Crippen molar-refractivity contribution in [2.45, 2.75) is 25.7 Å². The van der Waals surface area contributed by atoms with Crippen molar-refractivity contribution in [2.24, 2.45) is 5.73 Å². The molecule has 0 atom stereocenters. The average molecular weight is 471 g/mol. The van der Waals surface area contributed by atoms with E-state index in [-0.39, 0.29) is 5.56 Å². The number of pyridine rings is 1. The molecule has 0 radical (unpaired) electrons. The van der Waals surface area contributed by atoms with Crippen molar-refractivity contribution in [1.82, 2.24) is 9.88 Å². The van der Waals surface area contributed by atoms with Gasteiger partial charge >= 0.3 is 0 Å². The third-order valence-corrected chi connectivity index (χ3v) is 6.50. The smallest absolute Gasteiger partial charge is 0.257 e. The summed E-state index contributed by atoms with van der Waals surface area (Å²) in [6.07, 6.45) is 5.76. The fourth-order valence-corrected chi connectivity index (χ4v) is 4.57. The van der Waals surface area contributed by atoms with Gasteiger partial charge in [-0.15, -0.1) is 0 Å². The molecule has 0 unspecified atom stereocenters. The number of hydrogen-bond acceptors (Lipinski definition) is 5. The minimum atomic E-state index is -0.231. The first-order chi connectivity index (χ1) is 17.0. The highest BCUT2D eigenvalue weighted by Crippen LogP contribution is 2.29. The number of nitrogens with zero attached hydrogens (tertiary/aromatic N) is 1. The second-order valence-electron chi connectivity index (χ2n) is 8.97. The Morgan fingerprint density at radius 2 is 1.89 bits per heavy atom. The Bertz CT molecular complexity index is 1250. The van der Waals surface area contributed by atoms with Gasteiger partial charge in [0, 0.05) is 28.8 Å². The van der Waals surface area contributed by atoms with Gasteiger partial charge in [-0.05, 0) is 93.4 Å². The van der Waals surface area contributed by atoms with Crippen LogP contribution in [-0.2, 0) is 0 Å². The highest BCUT2D eigenvalue weighted by atomic mass is 16.5. The molecule has 3 aromatic rings. The van der Waals surface area contributed by atoms with Crippen LogP contribution >= 0.6 is 0 Å². The molecule has 4 N–H and O–H groups in total. The first-order valence-electron chi connectivity index (χ1n) is 12.1. The molecule has 0 spiro atoms. The molecule has 1 aliphatic rings. The number of piperidine rings is 1. The van der Waals surface area contributed by atoms with Crippen LogP contribution in [0.15, 0.2) is 72.2 Å². The quantitative estimate of drug-likeness (QED) is 0.425. The maximum atomic E-state index is 12.8. The lowest BCUT2D eigenvalue weighted by Crippen LogP contribution is -2.29. The van der Waals surface area contributed by atoms with Gasteiger partial charge in [-0.3, -0.25) is 4.79 Å². The van der Waals surface area contributed by atoms with E-state index < -0.39 is 0 Å². The van der Waals surface area contributed by atoms with E-state index in [9.17, 15) is 4.79 Å². The van der Waals surface area contributed by atoms with Crippen LogP contribution in [0.4, 0.5) is 5.69 Å². The van der Waals surface area contributed by atoms with Crippen molar-refractivity contribution >= 4 is 23.2 Å². The number of benzene rings is 2. The lowest BCUT2D eigenvalue weighted by Gasteiger charge is -2.29. The second-order valence-corrected chi connectivity index (χ2v) is 8.97. The van der Waals surface area contributed by atoms with Gasteiger partial charge in [-0.2, -0.15) is 0 Å². The Balaban J connectivity index is 1.55. The summed E-state index contributed by atoms with van der Waals surface area (Å²) in [5.41, 5.74) is 11.4. The second kappa shape index (κ2) is 11.1. The molecule has 1 aliphatic heterocycles. The van der Waals surface area contributed by atoms with Gasteiger partial charge in [0.25, 0.3) is 5.56 Å². The van der Waals surface area contributed by atoms with E-state index in [0.29, 0.717) is 40.8 Å². The van der Waals surface area contributed by atoms with Gasteiger partial charge in [0.1, 0.15) is 5.75 Å². The van der Waals surface area contributed by atoms with Crippen LogP contribution in [0, 0.1) is 0 Å². The Hall–Kier alpha value is -3.77. The molecular formula is C29H34N4O2. The predicted octanol–water partition coefficient (Wildman–Crippen LogP) is 5.12. The summed E-state index contributed by atoms with van der Waals surface area (Å²) in [6.45, 7) is 8.89. The number of H-pyrrole nitrogens is 1. The van der Waals surface area contributed by atoms with Crippen LogP contribution in [-0.4, -0.2) is 36.6 Å². The number of nitrogens with one attached hydrogen (secondary N) is 2. The zero-order chi connectivity index (χ0) is 24.8. The SMILES string of the molecule is C=C(Nc1ccc(C2CCN(C)CC2)cc1)c1c(/C=C(\N)c2ccccc2OCC)cc[nH]c1=O. The number of hydrogen-bond donors (Lipinski definition) is 3. The summed E-state index contributed by atoms with van der Waals surface area (Å²) in [5.74, 6) is 1.30. The zero-order valence-corrected chi connectivity index (χ0v) is 20.5. The van der Waals surface area contributed by atoms with Gasteiger partial charge in [0.2, 0.25) is 0 Å². The largest absolute Gasteiger partial charge is 0.493 e. The number of ether oxygens (including phenoxy) is 1.